The Hall–Kier alpha value is -1.14. The van der Waals surface area contributed by atoms with Gasteiger partial charge in [-0.05, 0) is 0 Å². The van der Waals surface area contributed by atoms with E-state index in [-0.39, 0.29) is 19.7 Å². The van der Waals surface area contributed by atoms with Gasteiger partial charge in [0.15, 0.2) is 5.92 Å². The minimum absolute atomic E-state index is 0.147. The van der Waals surface area contributed by atoms with Crippen molar-refractivity contribution in [3.8, 4) is 0 Å². The van der Waals surface area contributed by atoms with Gasteiger partial charge in [-0.2, -0.15) is 0 Å². The molecule has 0 amide bonds. The van der Waals surface area contributed by atoms with E-state index in [0.29, 0.717) is 0 Å². The smallest absolute Gasteiger partial charge is 0.319 e. The number of aliphatic hydroxyl groups excluding tert-OH is 1. The molecular formula is C6H11NO5. The molecule has 4 N–H and O–H groups in total. The van der Waals surface area contributed by atoms with Gasteiger partial charge in [-0.15, -0.1) is 0 Å². The van der Waals surface area contributed by atoms with Crippen LogP contribution in [0.5, 0.6) is 0 Å². The third-order valence-corrected chi connectivity index (χ3v) is 1.23. The summed E-state index contributed by atoms with van der Waals surface area (Å²) in [7, 11) is 0. The zero-order valence-electron chi connectivity index (χ0n) is 6.36. The molecule has 0 atom stereocenters. The molecule has 0 aromatic carbocycles. The number of carboxylic acids is 2. The Bertz CT molecular complexity index is 155. The molecule has 0 spiro atoms. The van der Waals surface area contributed by atoms with Crippen molar-refractivity contribution in [1.82, 2.24) is 5.32 Å². The topological polar surface area (TPSA) is 107 Å². The number of nitrogens with one attached hydrogen (secondary N) is 1. The molecule has 0 aliphatic carbocycles. The number of carboxylic acid groups (broad SMARTS) is 2. The lowest BCUT2D eigenvalue weighted by Gasteiger charge is -2.07. The van der Waals surface area contributed by atoms with E-state index in [9.17, 15) is 9.59 Å². The first-order valence-electron chi connectivity index (χ1n) is 3.36. The van der Waals surface area contributed by atoms with E-state index in [1.54, 1.807) is 0 Å². The fourth-order valence-electron chi connectivity index (χ4n) is 0.606. The van der Waals surface area contributed by atoms with Crippen LogP contribution in [0, 0.1) is 5.92 Å². The van der Waals surface area contributed by atoms with Gasteiger partial charge < -0.3 is 20.6 Å². The molecule has 6 heteroatoms. The van der Waals surface area contributed by atoms with Crippen LogP contribution in [0.4, 0.5) is 0 Å². The van der Waals surface area contributed by atoms with Crippen LogP contribution in [0.3, 0.4) is 0 Å². The Morgan fingerprint density at radius 3 is 2.08 bits per heavy atom. The summed E-state index contributed by atoms with van der Waals surface area (Å²) in [6.45, 7) is -0.131. The van der Waals surface area contributed by atoms with Crippen molar-refractivity contribution in [3.05, 3.63) is 0 Å². The van der Waals surface area contributed by atoms with Crippen LogP contribution in [-0.2, 0) is 9.59 Å². The first-order chi connectivity index (χ1) is 5.59. The first-order valence-corrected chi connectivity index (χ1v) is 3.36. The number of hydrogen-bond donors (Lipinski definition) is 4. The van der Waals surface area contributed by atoms with Gasteiger partial charge in [0.25, 0.3) is 0 Å². The molecule has 0 heterocycles. The molecule has 0 aromatic rings. The molecule has 0 rings (SSSR count). The summed E-state index contributed by atoms with van der Waals surface area (Å²) in [5.74, 6) is -4.21. The third kappa shape index (κ3) is 3.89. The minimum Gasteiger partial charge on any atom is -0.481 e. The fourth-order valence-corrected chi connectivity index (χ4v) is 0.606. The van der Waals surface area contributed by atoms with Crippen LogP contribution < -0.4 is 5.32 Å². The van der Waals surface area contributed by atoms with Gasteiger partial charge in [0.05, 0.1) is 6.61 Å². The SMILES string of the molecule is O=C(O)C(CNCCO)C(=O)O. The Morgan fingerprint density at radius 1 is 1.25 bits per heavy atom. The van der Waals surface area contributed by atoms with Crippen LogP contribution >= 0.6 is 0 Å². The number of aliphatic hydroxyl groups is 1. The van der Waals surface area contributed by atoms with E-state index in [2.05, 4.69) is 5.32 Å². The van der Waals surface area contributed by atoms with E-state index in [1.807, 2.05) is 0 Å². The van der Waals surface area contributed by atoms with Crippen molar-refractivity contribution in [3.63, 3.8) is 0 Å². The highest BCUT2D eigenvalue weighted by Crippen LogP contribution is 1.94. The van der Waals surface area contributed by atoms with E-state index in [4.69, 9.17) is 15.3 Å². The Kier molecular flexibility index (Phi) is 4.98. The summed E-state index contributed by atoms with van der Waals surface area (Å²) in [5.41, 5.74) is 0. The second-order valence-corrected chi connectivity index (χ2v) is 2.16. The lowest BCUT2D eigenvalue weighted by Crippen LogP contribution is -2.35. The molecule has 0 aromatic heterocycles. The number of hydrogen-bond acceptors (Lipinski definition) is 4. The summed E-state index contributed by atoms with van der Waals surface area (Å²) in [4.78, 5) is 20.5. The lowest BCUT2D eigenvalue weighted by atomic mass is 10.1. The van der Waals surface area contributed by atoms with Crippen LogP contribution in [-0.4, -0.2) is 47.0 Å². The maximum absolute atomic E-state index is 10.3. The second kappa shape index (κ2) is 5.50. The zero-order chi connectivity index (χ0) is 9.56. The highest BCUT2D eigenvalue weighted by atomic mass is 16.4. The summed E-state index contributed by atoms with van der Waals surface area (Å²) in [6, 6.07) is 0. The monoisotopic (exact) mass is 177 g/mol. The van der Waals surface area contributed by atoms with Crippen molar-refractivity contribution in [2.45, 2.75) is 0 Å². The molecule has 0 aliphatic rings. The molecule has 0 radical (unpaired) electrons. The largest absolute Gasteiger partial charge is 0.481 e. The maximum atomic E-state index is 10.3. The van der Waals surface area contributed by atoms with Crippen LogP contribution in [0.2, 0.25) is 0 Å². The lowest BCUT2D eigenvalue weighted by molar-refractivity contribution is -0.154. The molecular weight excluding hydrogens is 166 g/mol. The standard InChI is InChI=1S/C6H11NO5/c8-2-1-7-3-4(5(9)10)6(11)12/h4,7-8H,1-3H2,(H,9,10)(H,11,12). The normalized spacial score (nSPS) is 10.2. The predicted octanol–water partition coefficient (Wildman–Crippen LogP) is -1.65. The van der Waals surface area contributed by atoms with E-state index in [0.717, 1.165) is 0 Å². The van der Waals surface area contributed by atoms with Crippen molar-refractivity contribution < 1.29 is 24.9 Å². The molecule has 6 nitrogen and oxygen atoms in total. The quantitative estimate of drug-likeness (QED) is 0.286. The van der Waals surface area contributed by atoms with Crippen LogP contribution in [0.15, 0.2) is 0 Å². The average Bonchev–Trinajstić information content (AvgIpc) is 1.96. The van der Waals surface area contributed by atoms with Crippen LogP contribution in [0.1, 0.15) is 0 Å². The van der Waals surface area contributed by atoms with Crippen molar-refractivity contribution >= 4 is 11.9 Å². The molecule has 12 heavy (non-hydrogen) atoms. The zero-order valence-corrected chi connectivity index (χ0v) is 6.36. The fraction of sp³-hybridized carbons (Fsp3) is 0.667. The molecule has 0 unspecified atom stereocenters. The molecule has 70 valence electrons. The summed E-state index contributed by atoms with van der Waals surface area (Å²) >= 11 is 0. The molecule has 0 aliphatic heterocycles. The Morgan fingerprint density at radius 2 is 1.75 bits per heavy atom. The number of rotatable bonds is 6. The molecule has 0 saturated heterocycles. The number of carbonyl (C=O) groups is 2. The predicted molar refractivity (Wildman–Crippen MR) is 38.7 cm³/mol. The van der Waals surface area contributed by atoms with Crippen LogP contribution in [0.25, 0.3) is 0 Å². The van der Waals surface area contributed by atoms with Gasteiger partial charge >= 0.3 is 11.9 Å². The third-order valence-electron chi connectivity index (χ3n) is 1.23. The highest BCUT2D eigenvalue weighted by molar-refractivity contribution is 5.93. The van der Waals surface area contributed by atoms with Gasteiger partial charge in [-0.25, -0.2) is 0 Å². The maximum Gasteiger partial charge on any atom is 0.319 e. The van der Waals surface area contributed by atoms with Crippen molar-refractivity contribution in [1.29, 1.82) is 0 Å². The van der Waals surface area contributed by atoms with Gasteiger partial charge in [0, 0.05) is 13.1 Å². The molecule has 0 bridgehead atoms. The minimum atomic E-state index is -1.45. The highest BCUT2D eigenvalue weighted by Gasteiger charge is 2.24. The Balaban J connectivity index is 3.80. The van der Waals surface area contributed by atoms with Crippen molar-refractivity contribution in [2.24, 2.45) is 5.92 Å². The average molecular weight is 177 g/mol. The Labute approximate surface area is 68.8 Å². The summed E-state index contributed by atoms with van der Waals surface area (Å²) in [6.07, 6.45) is 0. The van der Waals surface area contributed by atoms with E-state index in [1.165, 1.54) is 0 Å². The van der Waals surface area contributed by atoms with E-state index < -0.39 is 17.9 Å². The van der Waals surface area contributed by atoms with Crippen molar-refractivity contribution in [2.75, 3.05) is 19.7 Å². The second-order valence-electron chi connectivity index (χ2n) is 2.16. The number of aliphatic carboxylic acids is 2. The van der Waals surface area contributed by atoms with Gasteiger partial charge in [0.1, 0.15) is 0 Å². The van der Waals surface area contributed by atoms with Gasteiger partial charge in [-0.1, -0.05) is 0 Å². The first kappa shape index (κ1) is 10.9. The molecule has 0 saturated carbocycles. The summed E-state index contributed by atoms with van der Waals surface area (Å²) in [5, 5.41) is 27.5. The van der Waals surface area contributed by atoms with Gasteiger partial charge in [0.2, 0.25) is 0 Å². The molecule has 0 fully saturated rings. The van der Waals surface area contributed by atoms with E-state index >= 15 is 0 Å². The van der Waals surface area contributed by atoms with Gasteiger partial charge in [-0.3, -0.25) is 9.59 Å². The summed E-state index contributed by atoms with van der Waals surface area (Å²) < 4.78 is 0.